The first-order valence-corrected chi connectivity index (χ1v) is 7.59. The van der Waals surface area contributed by atoms with E-state index in [-0.39, 0.29) is 5.56 Å². The summed E-state index contributed by atoms with van der Waals surface area (Å²) in [6.07, 6.45) is 2.31. The summed E-state index contributed by atoms with van der Waals surface area (Å²) in [5, 5.41) is 1.41. The van der Waals surface area contributed by atoms with Crippen LogP contribution in [-0.4, -0.2) is 4.57 Å². The van der Waals surface area contributed by atoms with E-state index in [0.29, 0.717) is 34.0 Å². The zero-order valence-electron chi connectivity index (χ0n) is 12.9. The molecule has 0 aliphatic carbocycles. The molecule has 3 heterocycles. The minimum absolute atomic E-state index is 0.191. The molecule has 4 aromatic rings. The first-order chi connectivity index (χ1) is 11.1. The molecule has 0 saturated heterocycles. The fourth-order valence-electron chi connectivity index (χ4n) is 3.15. The van der Waals surface area contributed by atoms with E-state index in [1.54, 1.807) is 11.5 Å². The molecule has 0 aliphatic heterocycles. The van der Waals surface area contributed by atoms with Gasteiger partial charge in [-0.15, -0.1) is 0 Å². The molecular formula is C18H15NO4. The zero-order chi connectivity index (χ0) is 16.1. The molecule has 0 spiro atoms. The minimum Gasteiger partial charge on any atom is -0.463 e. The van der Waals surface area contributed by atoms with E-state index in [4.69, 9.17) is 8.83 Å². The third-order valence-corrected chi connectivity index (χ3v) is 4.17. The minimum atomic E-state index is -0.475. The van der Waals surface area contributed by atoms with Crippen molar-refractivity contribution in [1.29, 1.82) is 0 Å². The van der Waals surface area contributed by atoms with Gasteiger partial charge >= 0.3 is 5.63 Å². The van der Waals surface area contributed by atoms with Crippen molar-refractivity contribution in [2.45, 2.75) is 26.8 Å². The summed E-state index contributed by atoms with van der Waals surface area (Å²) in [6.45, 7) is 4.37. The van der Waals surface area contributed by atoms with E-state index in [0.717, 1.165) is 17.3 Å². The summed E-state index contributed by atoms with van der Waals surface area (Å²) in [5.74, 6) is 0. The molecule has 5 nitrogen and oxygen atoms in total. The lowest BCUT2D eigenvalue weighted by Gasteiger charge is -2.11. The number of pyridine rings is 1. The quantitative estimate of drug-likeness (QED) is 0.531. The van der Waals surface area contributed by atoms with Crippen molar-refractivity contribution >= 4 is 32.8 Å². The third kappa shape index (κ3) is 1.79. The molecule has 5 heteroatoms. The van der Waals surface area contributed by atoms with Gasteiger partial charge in [-0.1, -0.05) is 19.1 Å². The molecule has 1 aromatic carbocycles. The Hall–Kier alpha value is -2.82. The lowest BCUT2D eigenvalue weighted by Crippen LogP contribution is -2.21. The van der Waals surface area contributed by atoms with Gasteiger partial charge in [0.1, 0.15) is 10.8 Å². The van der Waals surface area contributed by atoms with Gasteiger partial charge in [0.15, 0.2) is 11.2 Å². The second kappa shape index (κ2) is 4.84. The Morgan fingerprint density at radius 2 is 1.87 bits per heavy atom. The highest BCUT2D eigenvalue weighted by molar-refractivity contribution is 6.11. The maximum absolute atomic E-state index is 13.0. The number of hydrogen-bond acceptors (Lipinski definition) is 4. The first kappa shape index (κ1) is 13.8. The molecule has 0 radical (unpaired) electrons. The average Bonchev–Trinajstić information content (AvgIpc) is 2.94. The molecule has 0 unspecified atom stereocenters. The summed E-state index contributed by atoms with van der Waals surface area (Å²) in [7, 11) is 0. The summed E-state index contributed by atoms with van der Waals surface area (Å²) in [4.78, 5) is 25.3. The largest absolute Gasteiger partial charge is 0.463 e. The van der Waals surface area contributed by atoms with Crippen LogP contribution in [0.25, 0.3) is 32.8 Å². The number of hydrogen-bond donors (Lipinski definition) is 0. The molecule has 3 aromatic heterocycles. The van der Waals surface area contributed by atoms with Crippen molar-refractivity contribution in [3.05, 3.63) is 56.9 Å². The van der Waals surface area contributed by atoms with Crippen LogP contribution in [-0.2, 0) is 6.54 Å². The fraction of sp³-hybridized carbons (Fsp3) is 0.222. The predicted molar refractivity (Wildman–Crippen MR) is 89.1 cm³/mol. The van der Waals surface area contributed by atoms with Gasteiger partial charge in [0.2, 0.25) is 0 Å². The molecule has 0 bridgehead atoms. The number of benzene rings is 1. The molecule has 0 fully saturated rings. The fourth-order valence-corrected chi connectivity index (χ4v) is 3.15. The highest BCUT2D eigenvalue weighted by atomic mass is 16.4. The molecule has 116 valence electrons. The normalized spacial score (nSPS) is 11.7. The van der Waals surface area contributed by atoms with E-state index < -0.39 is 5.63 Å². The number of aromatic nitrogens is 1. The van der Waals surface area contributed by atoms with Crippen LogP contribution in [0.15, 0.2) is 49.0 Å². The topological polar surface area (TPSA) is 65.3 Å². The Morgan fingerprint density at radius 1 is 1.09 bits per heavy atom. The Balaban J connectivity index is 2.39. The van der Waals surface area contributed by atoms with Crippen LogP contribution in [0.5, 0.6) is 0 Å². The number of nitrogens with zero attached hydrogens (tertiary/aromatic N) is 1. The molecule has 0 N–H and O–H groups in total. The smallest absolute Gasteiger partial charge is 0.347 e. The highest BCUT2D eigenvalue weighted by Crippen LogP contribution is 2.28. The van der Waals surface area contributed by atoms with Gasteiger partial charge in [-0.05, 0) is 25.5 Å². The summed E-state index contributed by atoms with van der Waals surface area (Å²) >= 11 is 0. The van der Waals surface area contributed by atoms with Gasteiger partial charge in [-0.3, -0.25) is 4.79 Å². The van der Waals surface area contributed by atoms with Crippen LogP contribution in [0.1, 0.15) is 18.9 Å². The maximum Gasteiger partial charge on any atom is 0.347 e. The van der Waals surface area contributed by atoms with Gasteiger partial charge in [0, 0.05) is 17.5 Å². The van der Waals surface area contributed by atoms with E-state index in [1.165, 1.54) is 6.26 Å². The van der Waals surface area contributed by atoms with Crippen LogP contribution in [0.2, 0.25) is 0 Å². The SMILES string of the molecule is CCCn1c(=O)c2c3occ(C)c3c(=O)oc2c2ccccc21. The van der Waals surface area contributed by atoms with Crippen molar-refractivity contribution in [3.63, 3.8) is 0 Å². The lowest BCUT2D eigenvalue weighted by atomic mass is 10.1. The van der Waals surface area contributed by atoms with E-state index in [9.17, 15) is 9.59 Å². The molecule has 0 saturated carbocycles. The van der Waals surface area contributed by atoms with Gasteiger partial charge in [-0.25, -0.2) is 4.79 Å². The summed E-state index contributed by atoms with van der Waals surface area (Å²) in [5.41, 5.74) is 1.38. The van der Waals surface area contributed by atoms with Crippen LogP contribution in [0.3, 0.4) is 0 Å². The van der Waals surface area contributed by atoms with E-state index >= 15 is 0 Å². The molecule has 0 atom stereocenters. The van der Waals surface area contributed by atoms with Crippen molar-refractivity contribution in [1.82, 2.24) is 4.57 Å². The Morgan fingerprint density at radius 3 is 2.65 bits per heavy atom. The lowest BCUT2D eigenvalue weighted by molar-refractivity contribution is 0.565. The predicted octanol–water partition coefficient (Wildman–Crippen LogP) is 3.57. The Kier molecular flexibility index (Phi) is 2.91. The summed E-state index contributed by atoms with van der Waals surface area (Å²) in [6, 6.07) is 7.45. The number of fused-ring (bicyclic) bond motifs is 5. The van der Waals surface area contributed by atoms with E-state index in [2.05, 4.69) is 0 Å². The first-order valence-electron chi connectivity index (χ1n) is 7.59. The molecule has 4 rings (SSSR count). The van der Waals surface area contributed by atoms with Crippen molar-refractivity contribution in [2.75, 3.05) is 0 Å². The van der Waals surface area contributed by atoms with Gasteiger partial charge in [0.25, 0.3) is 5.56 Å². The number of para-hydroxylation sites is 1. The van der Waals surface area contributed by atoms with Gasteiger partial charge in [-0.2, -0.15) is 0 Å². The second-order valence-corrected chi connectivity index (χ2v) is 5.69. The second-order valence-electron chi connectivity index (χ2n) is 5.69. The zero-order valence-corrected chi connectivity index (χ0v) is 12.9. The molecule has 0 amide bonds. The van der Waals surface area contributed by atoms with Crippen LogP contribution in [0.4, 0.5) is 0 Å². The highest BCUT2D eigenvalue weighted by Gasteiger charge is 2.20. The van der Waals surface area contributed by atoms with Crippen LogP contribution < -0.4 is 11.2 Å². The van der Waals surface area contributed by atoms with E-state index in [1.807, 2.05) is 31.2 Å². The molecule has 23 heavy (non-hydrogen) atoms. The van der Waals surface area contributed by atoms with Crippen molar-refractivity contribution in [2.24, 2.45) is 0 Å². The number of furan rings is 1. The van der Waals surface area contributed by atoms with Gasteiger partial charge < -0.3 is 13.4 Å². The third-order valence-electron chi connectivity index (χ3n) is 4.17. The van der Waals surface area contributed by atoms with Gasteiger partial charge in [0.05, 0.1) is 11.8 Å². The average molecular weight is 309 g/mol. The monoisotopic (exact) mass is 309 g/mol. The Labute approximate surface area is 130 Å². The van der Waals surface area contributed by atoms with Crippen LogP contribution in [0, 0.1) is 6.92 Å². The number of aryl methyl sites for hydroxylation is 2. The molecular weight excluding hydrogens is 294 g/mol. The number of rotatable bonds is 2. The van der Waals surface area contributed by atoms with Crippen molar-refractivity contribution in [3.8, 4) is 0 Å². The standard InChI is InChI=1S/C18H15NO4/c1-3-8-19-12-7-5-4-6-11(12)15-14(17(19)20)16-13(18(21)23-15)10(2)9-22-16/h4-7,9H,3,8H2,1-2H3. The van der Waals surface area contributed by atoms with Crippen molar-refractivity contribution < 1.29 is 8.83 Å². The summed E-state index contributed by atoms with van der Waals surface area (Å²) < 4.78 is 12.8. The maximum atomic E-state index is 13.0. The molecule has 0 aliphatic rings. The Bertz CT molecular complexity index is 1180. The van der Waals surface area contributed by atoms with Crippen LogP contribution >= 0.6 is 0 Å².